The van der Waals surface area contributed by atoms with Crippen LogP contribution >= 0.6 is 0 Å². The molecule has 0 bridgehead atoms. The number of halogens is 1. The summed E-state index contributed by atoms with van der Waals surface area (Å²) in [5.74, 6) is -0.668. The molecule has 2 aromatic carbocycles. The Hall–Kier alpha value is -2.56. The molecule has 0 aliphatic carbocycles. The van der Waals surface area contributed by atoms with E-state index in [1.54, 1.807) is 6.07 Å². The van der Waals surface area contributed by atoms with Crippen LogP contribution in [0.15, 0.2) is 36.4 Å². The standard InChI is InChI=1S/C15H15FN2O2/c1-9-3-2-4-13(17)14(9)20-8-11-6-5-10(15(18)19)7-12(11)16/h2-7H,8,17H2,1H3,(H2,18,19). The van der Waals surface area contributed by atoms with Gasteiger partial charge in [0.05, 0.1) is 5.69 Å². The third kappa shape index (κ3) is 2.88. The number of ether oxygens (including phenoxy) is 1. The van der Waals surface area contributed by atoms with Crippen LogP contribution in [0.3, 0.4) is 0 Å². The van der Waals surface area contributed by atoms with Crippen molar-refractivity contribution < 1.29 is 13.9 Å². The average molecular weight is 274 g/mol. The number of amides is 1. The van der Waals surface area contributed by atoms with Gasteiger partial charge < -0.3 is 16.2 Å². The summed E-state index contributed by atoms with van der Waals surface area (Å²) < 4.78 is 19.3. The predicted molar refractivity (Wildman–Crippen MR) is 74.8 cm³/mol. The van der Waals surface area contributed by atoms with E-state index in [2.05, 4.69) is 0 Å². The number of primary amides is 1. The van der Waals surface area contributed by atoms with Crippen molar-refractivity contribution in [1.82, 2.24) is 0 Å². The first-order chi connectivity index (χ1) is 9.49. The zero-order valence-electron chi connectivity index (χ0n) is 11.0. The van der Waals surface area contributed by atoms with E-state index in [0.29, 0.717) is 17.0 Å². The lowest BCUT2D eigenvalue weighted by Gasteiger charge is -2.12. The molecule has 104 valence electrons. The van der Waals surface area contributed by atoms with Gasteiger partial charge in [-0.15, -0.1) is 0 Å². The van der Waals surface area contributed by atoms with Crippen molar-refractivity contribution in [2.24, 2.45) is 5.73 Å². The van der Waals surface area contributed by atoms with E-state index in [9.17, 15) is 9.18 Å². The van der Waals surface area contributed by atoms with Gasteiger partial charge in [-0.1, -0.05) is 18.2 Å². The van der Waals surface area contributed by atoms with E-state index < -0.39 is 11.7 Å². The van der Waals surface area contributed by atoms with Crippen LogP contribution in [-0.4, -0.2) is 5.91 Å². The second kappa shape index (κ2) is 5.61. The van der Waals surface area contributed by atoms with Crippen LogP contribution < -0.4 is 16.2 Å². The highest BCUT2D eigenvalue weighted by Gasteiger charge is 2.09. The van der Waals surface area contributed by atoms with E-state index in [0.717, 1.165) is 11.6 Å². The van der Waals surface area contributed by atoms with E-state index >= 15 is 0 Å². The number of rotatable bonds is 4. The van der Waals surface area contributed by atoms with Gasteiger partial charge in [0.15, 0.2) is 0 Å². The highest BCUT2D eigenvalue weighted by molar-refractivity contribution is 5.92. The maximum absolute atomic E-state index is 13.8. The van der Waals surface area contributed by atoms with Crippen LogP contribution in [0, 0.1) is 12.7 Å². The smallest absolute Gasteiger partial charge is 0.248 e. The van der Waals surface area contributed by atoms with Crippen LogP contribution in [0.4, 0.5) is 10.1 Å². The highest BCUT2D eigenvalue weighted by atomic mass is 19.1. The molecule has 0 saturated heterocycles. The van der Waals surface area contributed by atoms with Gasteiger partial charge >= 0.3 is 0 Å². The summed E-state index contributed by atoms with van der Waals surface area (Å²) in [4.78, 5) is 10.9. The van der Waals surface area contributed by atoms with E-state index in [4.69, 9.17) is 16.2 Å². The summed E-state index contributed by atoms with van der Waals surface area (Å²) in [5.41, 5.74) is 12.7. The van der Waals surface area contributed by atoms with Crippen molar-refractivity contribution in [1.29, 1.82) is 0 Å². The van der Waals surface area contributed by atoms with Gasteiger partial charge in [0, 0.05) is 11.1 Å². The summed E-state index contributed by atoms with van der Waals surface area (Å²) in [6.07, 6.45) is 0. The first kappa shape index (κ1) is 13.9. The van der Waals surface area contributed by atoms with Crippen LogP contribution in [-0.2, 0) is 6.61 Å². The topological polar surface area (TPSA) is 78.3 Å². The van der Waals surface area contributed by atoms with Crippen molar-refractivity contribution in [3.8, 4) is 5.75 Å². The molecule has 4 N–H and O–H groups in total. The van der Waals surface area contributed by atoms with Gasteiger partial charge in [-0.2, -0.15) is 0 Å². The highest BCUT2D eigenvalue weighted by Crippen LogP contribution is 2.26. The zero-order valence-corrected chi connectivity index (χ0v) is 11.0. The van der Waals surface area contributed by atoms with Crippen LogP contribution in [0.1, 0.15) is 21.5 Å². The molecule has 4 nitrogen and oxygen atoms in total. The Kier molecular flexibility index (Phi) is 3.89. The lowest BCUT2D eigenvalue weighted by Crippen LogP contribution is -2.12. The number of anilines is 1. The van der Waals surface area contributed by atoms with Crippen molar-refractivity contribution in [2.45, 2.75) is 13.5 Å². The molecule has 0 saturated carbocycles. The molecule has 0 fully saturated rings. The second-order valence-electron chi connectivity index (χ2n) is 4.45. The fourth-order valence-electron chi connectivity index (χ4n) is 1.84. The van der Waals surface area contributed by atoms with E-state index in [-0.39, 0.29) is 12.2 Å². The van der Waals surface area contributed by atoms with Crippen molar-refractivity contribution in [3.63, 3.8) is 0 Å². The third-order valence-electron chi connectivity index (χ3n) is 2.95. The number of nitrogens with two attached hydrogens (primary N) is 2. The van der Waals surface area contributed by atoms with Crippen molar-refractivity contribution in [3.05, 3.63) is 58.9 Å². The quantitative estimate of drug-likeness (QED) is 0.840. The van der Waals surface area contributed by atoms with E-state index in [1.165, 1.54) is 12.1 Å². The SMILES string of the molecule is Cc1cccc(N)c1OCc1ccc(C(N)=O)cc1F. The number of benzene rings is 2. The number of hydrogen-bond donors (Lipinski definition) is 2. The number of hydrogen-bond acceptors (Lipinski definition) is 3. The molecule has 2 rings (SSSR count). The van der Waals surface area contributed by atoms with Crippen molar-refractivity contribution in [2.75, 3.05) is 5.73 Å². The monoisotopic (exact) mass is 274 g/mol. The number of carbonyl (C=O) groups excluding carboxylic acids is 1. The van der Waals surface area contributed by atoms with Gasteiger partial charge in [0.25, 0.3) is 0 Å². The molecular weight excluding hydrogens is 259 g/mol. The molecule has 5 heteroatoms. The molecule has 0 radical (unpaired) electrons. The van der Waals surface area contributed by atoms with Crippen LogP contribution in [0.2, 0.25) is 0 Å². The minimum Gasteiger partial charge on any atom is -0.486 e. The Morgan fingerprint density at radius 1 is 1.30 bits per heavy atom. The Balaban J connectivity index is 2.17. The average Bonchev–Trinajstić information content (AvgIpc) is 2.39. The molecule has 0 heterocycles. The molecule has 0 spiro atoms. The third-order valence-corrected chi connectivity index (χ3v) is 2.95. The molecule has 20 heavy (non-hydrogen) atoms. The van der Waals surface area contributed by atoms with Crippen molar-refractivity contribution >= 4 is 11.6 Å². The van der Waals surface area contributed by atoms with Gasteiger partial charge in [0.1, 0.15) is 18.2 Å². The number of para-hydroxylation sites is 1. The Morgan fingerprint density at radius 3 is 2.65 bits per heavy atom. The fourth-order valence-corrected chi connectivity index (χ4v) is 1.84. The zero-order chi connectivity index (χ0) is 14.7. The van der Waals surface area contributed by atoms with Gasteiger partial charge in [-0.05, 0) is 30.7 Å². The summed E-state index contributed by atoms with van der Waals surface area (Å²) in [6, 6.07) is 9.43. The Morgan fingerprint density at radius 2 is 2.05 bits per heavy atom. The fraction of sp³-hybridized carbons (Fsp3) is 0.133. The summed E-state index contributed by atoms with van der Waals surface area (Å²) in [6.45, 7) is 1.89. The predicted octanol–water partition coefficient (Wildman–Crippen LogP) is 2.39. The molecule has 1 amide bonds. The normalized spacial score (nSPS) is 10.3. The summed E-state index contributed by atoms with van der Waals surface area (Å²) in [5, 5.41) is 0. The molecular formula is C15H15FN2O2. The molecule has 0 unspecified atom stereocenters. The maximum Gasteiger partial charge on any atom is 0.248 e. The lowest BCUT2D eigenvalue weighted by atomic mass is 10.1. The molecule has 2 aromatic rings. The van der Waals surface area contributed by atoms with Gasteiger partial charge in [-0.3, -0.25) is 4.79 Å². The first-order valence-electron chi connectivity index (χ1n) is 6.05. The van der Waals surface area contributed by atoms with Crippen LogP contribution in [0.25, 0.3) is 0 Å². The Bertz CT molecular complexity index is 636. The second-order valence-corrected chi connectivity index (χ2v) is 4.45. The van der Waals surface area contributed by atoms with Gasteiger partial charge in [0.2, 0.25) is 5.91 Å². The van der Waals surface area contributed by atoms with Crippen LogP contribution in [0.5, 0.6) is 5.75 Å². The first-order valence-corrected chi connectivity index (χ1v) is 6.05. The molecule has 0 aliphatic rings. The lowest BCUT2D eigenvalue weighted by molar-refractivity contribution is 0.0999. The number of nitrogen functional groups attached to an aromatic ring is 1. The molecule has 0 aliphatic heterocycles. The van der Waals surface area contributed by atoms with E-state index in [1.807, 2.05) is 19.1 Å². The summed E-state index contributed by atoms with van der Waals surface area (Å²) >= 11 is 0. The minimum absolute atomic E-state index is 0.0277. The molecule has 0 atom stereocenters. The number of carbonyl (C=O) groups is 1. The maximum atomic E-state index is 13.8. The van der Waals surface area contributed by atoms with Gasteiger partial charge in [-0.25, -0.2) is 4.39 Å². The summed E-state index contributed by atoms with van der Waals surface area (Å²) in [7, 11) is 0. The molecule has 0 aromatic heterocycles. The number of aryl methyl sites for hydroxylation is 1. The minimum atomic E-state index is -0.667. The largest absolute Gasteiger partial charge is 0.486 e. The Labute approximate surface area is 116 Å².